The molecule has 5 rings (SSSR count). The Morgan fingerprint density at radius 3 is 2.74 bits per heavy atom. The number of carbonyl (C=O) groups is 1. The number of thiazole rings is 1. The zero-order chi connectivity index (χ0) is 24.0. The Kier molecular flexibility index (Phi) is 7.12. The first kappa shape index (κ1) is 23.2. The molecule has 0 aliphatic heterocycles. The van der Waals surface area contributed by atoms with E-state index < -0.39 is 0 Å². The van der Waals surface area contributed by atoms with Crippen LogP contribution in [0.5, 0.6) is 0 Å². The molecule has 0 atom stereocenters. The number of benzene rings is 1. The molecule has 11 heteroatoms. The summed E-state index contributed by atoms with van der Waals surface area (Å²) in [5, 5.41) is 15.6. The second kappa shape index (κ2) is 10.8. The summed E-state index contributed by atoms with van der Waals surface area (Å²) in [6.07, 6.45) is 6.85. The third kappa shape index (κ3) is 5.56. The second-order valence-electron chi connectivity index (χ2n) is 7.32. The van der Waals surface area contributed by atoms with E-state index >= 15 is 0 Å². The molecule has 5 aromatic rings. The molecular weight excluding hydrogens is 502 g/mol. The minimum atomic E-state index is -0.219. The van der Waals surface area contributed by atoms with E-state index in [9.17, 15) is 4.79 Å². The molecule has 0 saturated carbocycles. The number of halogens is 1. The molecule has 174 valence electrons. The lowest BCUT2D eigenvalue weighted by Crippen LogP contribution is -2.23. The van der Waals surface area contributed by atoms with E-state index in [1.807, 2.05) is 53.1 Å². The van der Waals surface area contributed by atoms with E-state index in [4.69, 9.17) is 11.6 Å². The van der Waals surface area contributed by atoms with Crippen LogP contribution in [0.25, 0.3) is 17.1 Å². The van der Waals surface area contributed by atoms with Crippen LogP contribution >= 0.6 is 34.7 Å². The third-order valence-corrected chi connectivity index (χ3v) is 7.13. The standard InChI is InChI=1S/C24H18ClN7OS2/c25-18-4-1-5-19(11-18)32-22(17-6-9-26-10-7-17)30-31-24(32)35-15-21-29-20(14-34-21)23(33)28-13-16-3-2-8-27-12-16/h1-12,14H,13,15H2,(H,28,33). The Morgan fingerprint density at radius 1 is 1.06 bits per heavy atom. The number of rotatable bonds is 8. The van der Waals surface area contributed by atoms with Crippen molar-refractivity contribution in [2.45, 2.75) is 17.5 Å². The molecule has 0 aliphatic carbocycles. The largest absolute Gasteiger partial charge is 0.347 e. The maximum Gasteiger partial charge on any atom is 0.271 e. The molecule has 1 N–H and O–H groups in total. The zero-order valence-corrected chi connectivity index (χ0v) is 20.6. The van der Waals surface area contributed by atoms with Crippen molar-refractivity contribution in [2.75, 3.05) is 0 Å². The SMILES string of the molecule is O=C(NCc1cccnc1)c1csc(CSc2nnc(-c3ccncc3)n2-c2cccc(Cl)c2)n1. The first-order valence-corrected chi connectivity index (χ1v) is 12.8. The number of nitrogens with zero attached hydrogens (tertiary/aromatic N) is 6. The summed E-state index contributed by atoms with van der Waals surface area (Å²) in [6, 6.07) is 15.1. The lowest BCUT2D eigenvalue weighted by molar-refractivity contribution is 0.0946. The van der Waals surface area contributed by atoms with Gasteiger partial charge in [0, 0.05) is 47.3 Å². The second-order valence-corrected chi connectivity index (χ2v) is 9.64. The molecule has 1 aromatic carbocycles. The summed E-state index contributed by atoms with van der Waals surface area (Å²) in [6.45, 7) is 0.398. The first-order valence-electron chi connectivity index (χ1n) is 10.5. The minimum Gasteiger partial charge on any atom is -0.347 e. The van der Waals surface area contributed by atoms with Crippen LogP contribution in [0.4, 0.5) is 0 Å². The predicted octanol–water partition coefficient (Wildman–Crippen LogP) is 5.06. The quantitative estimate of drug-likeness (QED) is 0.286. The van der Waals surface area contributed by atoms with E-state index in [0.29, 0.717) is 34.0 Å². The minimum absolute atomic E-state index is 0.219. The van der Waals surface area contributed by atoms with Crippen molar-refractivity contribution in [3.8, 4) is 17.1 Å². The Labute approximate surface area is 214 Å². The van der Waals surface area contributed by atoms with E-state index in [-0.39, 0.29) is 5.91 Å². The lowest BCUT2D eigenvalue weighted by Gasteiger charge is -2.10. The molecule has 8 nitrogen and oxygen atoms in total. The van der Waals surface area contributed by atoms with Crippen LogP contribution in [-0.4, -0.2) is 35.6 Å². The van der Waals surface area contributed by atoms with Crippen molar-refractivity contribution in [1.29, 1.82) is 0 Å². The fraction of sp³-hybridized carbons (Fsp3) is 0.0833. The number of hydrogen-bond acceptors (Lipinski definition) is 8. The number of amides is 1. The van der Waals surface area contributed by atoms with Crippen LogP contribution in [0, 0.1) is 0 Å². The van der Waals surface area contributed by atoms with Crippen molar-refractivity contribution in [3.05, 3.63) is 100.0 Å². The fourth-order valence-corrected chi connectivity index (χ4v) is 5.21. The van der Waals surface area contributed by atoms with E-state index in [0.717, 1.165) is 21.8 Å². The summed E-state index contributed by atoms with van der Waals surface area (Å²) >= 11 is 9.19. The van der Waals surface area contributed by atoms with Gasteiger partial charge in [-0.25, -0.2) is 4.98 Å². The molecule has 0 bridgehead atoms. The fourth-order valence-electron chi connectivity index (χ4n) is 3.28. The monoisotopic (exact) mass is 519 g/mol. The Morgan fingerprint density at radius 2 is 1.94 bits per heavy atom. The molecule has 4 aromatic heterocycles. The maximum absolute atomic E-state index is 12.5. The van der Waals surface area contributed by atoms with Gasteiger partial charge in [-0.3, -0.25) is 19.3 Å². The highest BCUT2D eigenvalue weighted by atomic mass is 35.5. The smallest absolute Gasteiger partial charge is 0.271 e. The molecule has 4 heterocycles. The van der Waals surface area contributed by atoms with Gasteiger partial charge in [0.1, 0.15) is 10.7 Å². The Hall–Kier alpha value is -3.60. The van der Waals surface area contributed by atoms with E-state index in [2.05, 4.69) is 30.5 Å². The number of carbonyl (C=O) groups excluding carboxylic acids is 1. The number of hydrogen-bond donors (Lipinski definition) is 1. The highest BCUT2D eigenvalue weighted by Crippen LogP contribution is 2.31. The summed E-state index contributed by atoms with van der Waals surface area (Å²) in [4.78, 5) is 25.1. The van der Waals surface area contributed by atoms with Crippen molar-refractivity contribution in [1.82, 2.24) is 35.0 Å². The van der Waals surface area contributed by atoms with Gasteiger partial charge in [0.05, 0.1) is 11.4 Å². The maximum atomic E-state index is 12.5. The third-order valence-electron chi connectivity index (χ3n) is 4.92. The van der Waals surface area contributed by atoms with E-state index in [1.54, 1.807) is 30.2 Å². The number of nitrogens with one attached hydrogen (secondary N) is 1. The van der Waals surface area contributed by atoms with E-state index in [1.165, 1.54) is 23.1 Å². The van der Waals surface area contributed by atoms with Crippen molar-refractivity contribution >= 4 is 40.6 Å². The van der Waals surface area contributed by atoms with Gasteiger partial charge in [-0.2, -0.15) is 0 Å². The average Bonchev–Trinajstić information content (AvgIpc) is 3.55. The Bertz CT molecular complexity index is 1440. The molecule has 0 radical (unpaired) electrons. The van der Waals surface area contributed by atoms with Gasteiger partial charge in [-0.15, -0.1) is 21.5 Å². The van der Waals surface area contributed by atoms with Gasteiger partial charge < -0.3 is 5.32 Å². The van der Waals surface area contributed by atoms with Crippen molar-refractivity contribution in [2.24, 2.45) is 0 Å². The van der Waals surface area contributed by atoms with Gasteiger partial charge in [0.25, 0.3) is 5.91 Å². The number of thioether (sulfide) groups is 1. The van der Waals surface area contributed by atoms with Crippen LogP contribution in [0.1, 0.15) is 21.1 Å². The summed E-state index contributed by atoms with van der Waals surface area (Å²) < 4.78 is 1.96. The molecule has 0 saturated heterocycles. The zero-order valence-electron chi connectivity index (χ0n) is 18.2. The molecular formula is C24H18ClN7OS2. The molecule has 0 spiro atoms. The van der Waals surface area contributed by atoms with Crippen LogP contribution in [0.2, 0.25) is 5.02 Å². The molecule has 35 heavy (non-hydrogen) atoms. The van der Waals surface area contributed by atoms with Gasteiger partial charge in [0.2, 0.25) is 0 Å². The topological polar surface area (TPSA) is 98.5 Å². The molecule has 0 unspecified atom stereocenters. The van der Waals surface area contributed by atoms with Gasteiger partial charge >= 0.3 is 0 Å². The first-order chi connectivity index (χ1) is 17.2. The van der Waals surface area contributed by atoms with Gasteiger partial charge in [-0.05, 0) is 42.0 Å². The van der Waals surface area contributed by atoms with Crippen LogP contribution in [0.3, 0.4) is 0 Å². The normalized spacial score (nSPS) is 10.9. The summed E-state index contributed by atoms with van der Waals surface area (Å²) in [7, 11) is 0. The average molecular weight is 520 g/mol. The predicted molar refractivity (Wildman–Crippen MR) is 137 cm³/mol. The molecule has 1 amide bonds. The van der Waals surface area contributed by atoms with Gasteiger partial charge in [-0.1, -0.05) is 35.5 Å². The summed E-state index contributed by atoms with van der Waals surface area (Å²) in [5.41, 5.74) is 3.06. The van der Waals surface area contributed by atoms with Crippen LogP contribution in [-0.2, 0) is 12.3 Å². The van der Waals surface area contributed by atoms with Crippen LogP contribution < -0.4 is 5.32 Å². The molecule has 0 aliphatic rings. The Balaban J connectivity index is 1.33. The number of aromatic nitrogens is 6. The van der Waals surface area contributed by atoms with Crippen molar-refractivity contribution in [3.63, 3.8) is 0 Å². The lowest BCUT2D eigenvalue weighted by atomic mass is 10.2. The van der Waals surface area contributed by atoms with Crippen LogP contribution in [0.15, 0.2) is 83.9 Å². The highest BCUT2D eigenvalue weighted by Gasteiger charge is 2.18. The summed E-state index contributed by atoms with van der Waals surface area (Å²) in [5.74, 6) is 1.01. The molecule has 0 fully saturated rings. The van der Waals surface area contributed by atoms with Gasteiger partial charge in [0.15, 0.2) is 11.0 Å². The number of pyridine rings is 2. The van der Waals surface area contributed by atoms with Crippen molar-refractivity contribution < 1.29 is 4.79 Å². The highest BCUT2D eigenvalue weighted by molar-refractivity contribution is 7.98.